The first-order chi connectivity index (χ1) is 12.7. The van der Waals surface area contributed by atoms with Gasteiger partial charge in [-0.05, 0) is 12.1 Å². The van der Waals surface area contributed by atoms with E-state index < -0.39 is 0 Å². The Labute approximate surface area is 172 Å². The topological polar surface area (TPSA) is 61.1 Å². The van der Waals surface area contributed by atoms with Gasteiger partial charge in [0.2, 0.25) is 5.78 Å². The zero-order valence-corrected chi connectivity index (χ0v) is 17.5. The third-order valence-electron chi connectivity index (χ3n) is 4.40. The predicted octanol–water partition coefficient (Wildman–Crippen LogP) is 3.48. The Hall–Kier alpha value is -2.03. The van der Waals surface area contributed by atoms with Crippen LogP contribution >= 0.6 is 28.6 Å². The Bertz CT molecular complexity index is 944. The van der Waals surface area contributed by atoms with E-state index in [4.69, 9.17) is 25.8 Å². The number of anilines is 1. The first-order valence-electron chi connectivity index (χ1n) is 8.30. The van der Waals surface area contributed by atoms with Gasteiger partial charge in [-0.2, -0.15) is 4.98 Å². The Morgan fingerprint density at radius 1 is 1.07 bits per heavy atom. The van der Waals surface area contributed by atoms with Gasteiger partial charge in [-0.25, -0.2) is 4.98 Å². The molecule has 1 aliphatic rings. The van der Waals surface area contributed by atoms with E-state index in [1.54, 1.807) is 26.4 Å². The van der Waals surface area contributed by atoms with Crippen LogP contribution in [0.2, 0.25) is 5.02 Å². The van der Waals surface area contributed by atoms with Crippen LogP contribution in [0, 0.1) is 0 Å². The van der Waals surface area contributed by atoms with Crippen molar-refractivity contribution in [2.75, 3.05) is 45.4 Å². The number of nitrogens with zero attached hydrogens (tertiary/aromatic N) is 4. The molecule has 3 aromatic rings. The van der Waals surface area contributed by atoms with Crippen molar-refractivity contribution in [2.45, 2.75) is 0 Å². The second kappa shape index (κ2) is 8.33. The number of methoxy groups -OCH3 is 2. The van der Waals surface area contributed by atoms with Gasteiger partial charge >= 0.3 is 0 Å². The summed E-state index contributed by atoms with van der Waals surface area (Å²) >= 11 is 6.28. The molecule has 1 aliphatic heterocycles. The van der Waals surface area contributed by atoms with Crippen LogP contribution in [0.1, 0.15) is 0 Å². The van der Waals surface area contributed by atoms with Crippen molar-refractivity contribution in [3.05, 3.63) is 35.6 Å². The first kappa shape index (κ1) is 19.7. The number of rotatable bonds is 4. The summed E-state index contributed by atoms with van der Waals surface area (Å²) in [7, 11) is 3.18. The molecule has 27 heavy (non-hydrogen) atoms. The molecule has 7 nitrogen and oxygen atoms in total. The molecule has 0 aliphatic carbocycles. The number of ether oxygens (including phenoxy) is 3. The molecule has 1 saturated heterocycles. The molecule has 4 rings (SSSR count). The minimum atomic E-state index is 0. The largest absolute Gasteiger partial charge is 0.496 e. The summed E-state index contributed by atoms with van der Waals surface area (Å²) in [6, 6.07) is 5.54. The molecule has 3 heterocycles. The van der Waals surface area contributed by atoms with Gasteiger partial charge in [-0.15, -0.1) is 17.0 Å². The maximum absolute atomic E-state index is 6.28. The van der Waals surface area contributed by atoms with Crippen molar-refractivity contribution in [1.29, 1.82) is 0 Å². The fourth-order valence-corrected chi connectivity index (χ4v) is 3.26. The normalized spacial score (nSPS) is 14.1. The molecule has 2 aromatic heterocycles. The van der Waals surface area contributed by atoms with Crippen LogP contribution in [0.5, 0.6) is 11.5 Å². The standard InChI is InChI=1S/C18H19ClN4O3.BrH/c1-24-15-10-16(25-2)13(19)9-12(15)14-11-23-4-3-17(21-18(23)20-14)22-5-7-26-8-6-22;/h3-4,9-11H,5-8H2,1-2H3;1H. The van der Waals surface area contributed by atoms with Gasteiger partial charge in [0.1, 0.15) is 17.3 Å². The number of halogens is 2. The summed E-state index contributed by atoms with van der Waals surface area (Å²) in [6.45, 7) is 3.10. The van der Waals surface area contributed by atoms with E-state index in [0.717, 1.165) is 30.2 Å². The first-order valence-corrected chi connectivity index (χ1v) is 8.67. The van der Waals surface area contributed by atoms with Crippen molar-refractivity contribution in [1.82, 2.24) is 14.4 Å². The van der Waals surface area contributed by atoms with Gasteiger partial charge in [0, 0.05) is 37.1 Å². The molecule has 1 aromatic carbocycles. The Kier molecular flexibility index (Phi) is 6.08. The van der Waals surface area contributed by atoms with Crippen molar-refractivity contribution in [3.63, 3.8) is 0 Å². The van der Waals surface area contributed by atoms with Crippen LogP contribution < -0.4 is 14.4 Å². The molecule has 144 valence electrons. The second-order valence-electron chi connectivity index (χ2n) is 5.91. The van der Waals surface area contributed by atoms with Crippen molar-refractivity contribution in [2.24, 2.45) is 0 Å². The van der Waals surface area contributed by atoms with Gasteiger partial charge in [-0.1, -0.05) is 11.6 Å². The monoisotopic (exact) mass is 454 g/mol. The number of imidazole rings is 1. The molecule has 0 atom stereocenters. The Morgan fingerprint density at radius 2 is 1.81 bits per heavy atom. The lowest BCUT2D eigenvalue weighted by Gasteiger charge is -2.27. The minimum Gasteiger partial charge on any atom is -0.496 e. The Balaban J connectivity index is 0.00000210. The van der Waals surface area contributed by atoms with Crippen molar-refractivity contribution < 1.29 is 14.2 Å². The molecule has 0 amide bonds. The fraction of sp³-hybridized carbons (Fsp3) is 0.333. The lowest BCUT2D eigenvalue weighted by molar-refractivity contribution is 0.122. The summed E-state index contributed by atoms with van der Waals surface area (Å²) in [6.07, 6.45) is 3.87. The minimum absolute atomic E-state index is 0. The fourth-order valence-electron chi connectivity index (χ4n) is 3.02. The van der Waals surface area contributed by atoms with E-state index in [1.165, 1.54) is 0 Å². The van der Waals surface area contributed by atoms with Crippen LogP contribution in [0.25, 0.3) is 17.0 Å². The summed E-state index contributed by atoms with van der Waals surface area (Å²) in [5, 5.41) is 0.502. The third kappa shape index (κ3) is 3.83. The maximum Gasteiger partial charge on any atom is 0.236 e. The van der Waals surface area contributed by atoms with E-state index in [-0.39, 0.29) is 17.0 Å². The van der Waals surface area contributed by atoms with E-state index in [1.807, 2.05) is 22.9 Å². The van der Waals surface area contributed by atoms with E-state index in [9.17, 15) is 0 Å². The average Bonchev–Trinajstić information content (AvgIpc) is 3.11. The summed E-state index contributed by atoms with van der Waals surface area (Å²) in [4.78, 5) is 11.5. The summed E-state index contributed by atoms with van der Waals surface area (Å²) in [5.74, 6) is 2.72. The van der Waals surface area contributed by atoms with E-state index in [2.05, 4.69) is 14.9 Å². The summed E-state index contributed by atoms with van der Waals surface area (Å²) < 4.78 is 18.0. The van der Waals surface area contributed by atoms with Crippen LogP contribution in [-0.4, -0.2) is 54.9 Å². The van der Waals surface area contributed by atoms with Gasteiger partial charge in [0.25, 0.3) is 0 Å². The average molecular weight is 456 g/mol. The third-order valence-corrected chi connectivity index (χ3v) is 4.69. The van der Waals surface area contributed by atoms with Crippen LogP contribution in [0.3, 0.4) is 0 Å². The SMILES string of the molecule is Br.COc1cc(OC)c(-c2cn3ccc(N4CCOCC4)nc3n2)cc1Cl. The van der Waals surface area contributed by atoms with Gasteiger partial charge < -0.3 is 19.1 Å². The van der Waals surface area contributed by atoms with Gasteiger partial charge in [0.15, 0.2) is 0 Å². The number of benzene rings is 1. The molecule has 0 spiro atoms. The zero-order chi connectivity index (χ0) is 18.1. The van der Waals surface area contributed by atoms with Gasteiger partial charge in [0.05, 0.1) is 38.1 Å². The Morgan fingerprint density at radius 3 is 2.52 bits per heavy atom. The lowest BCUT2D eigenvalue weighted by Crippen LogP contribution is -2.36. The number of morpholine rings is 1. The van der Waals surface area contributed by atoms with Crippen LogP contribution in [0.4, 0.5) is 5.82 Å². The highest BCUT2D eigenvalue weighted by Gasteiger charge is 2.17. The second-order valence-corrected chi connectivity index (χ2v) is 6.31. The van der Waals surface area contributed by atoms with Crippen molar-refractivity contribution in [3.8, 4) is 22.8 Å². The molecular formula is C18H20BrClN4O3. The highest BCUT2D eigenvalue weighted by molar-refractivity contribution is 8.93. The number of hydrogen-bond donors (Lipinski definition) is 0. The van der Waals surface area contributed by atoms with Crippen LogP contribution in [-0.2, 0) is 4.74 Å². The molecule has 9 heteroatoms. The molecule has 0 bridgehead atoms. The number of aromatic nitrogens is 3. The molecule has 0 saturated carbocycles. The van der Waals surface area contributed by atoms with Crippen molar-refractivity contribution >= 4 is 40.2 Å². The smallest absolute Gasteiger partial charge is 0.236 e. The van der Waals surface area contributed by atoms with Gasteiger partial charge in [-0.3, -0.25) is 4.40 Å². The molecule has 0 unspecified atom stereocenters. The summed E-state index contributed by atoms with van der Waals surface area (Å²) in [5.41, 5.74) is 1.52. The molecular weight excluding hydrogens is 436 g/mol. The molecule has 0 N–H and O–H groups in total. The lowest BCUT2D eigenvalue weighted by atomic mass is 10.1. The highest BCUT2D eigenvalue weighted by atomic mass is 79.9. The maximum atomic E-state index is 6.28. The highest BCUT2D eigenvalue weighted by Crippen LogP contribution is 2.38. The molecule has 0 radical (unpaired) electrons. The predicted molar refractivity (Wildman–Crippen MR) is 110 cm³/mol. The number of fused-ring (bicyclic) bond motifs is 1. The van der Waals surface area contributed by atoms with E-state index >= 15 is 0 Å². The zero-order valence-electron chi connectivity index (χ0n) is 15.0. The van der Waals surface area contributed by atoms with Crippen LogP contribution in [0.15, 0.2) is 30.6 Å². The molecule has 1 fully saturated rings. The van der Waals surface area contributed by atoms with E-state index in [0.29, 0.717) is 35.5 Å². The number of hydrogen-bond acceptors (Lipinski definition) is 6. The quantitative estimate of drug-likeness (QED) is 0.600.